The number of fused-ring (bicyclic) bond motifs is 1. The second-order valence-corrected chi connectivity index (χ2v) is 7.20. The Balaban J connectivity index is 1.49. The Morgan fingerprint density at radius 2 is 2.17 bits per heavy atom. The van der Waals surface area contributed by atoms with Crippen LogP contribution in [0.2, 0.25) is 0 Å². The van der Waals surface area contributed by atoms with Crippen LogP contribution < -0.4 is 0 Å². The molecule has 2 aromatic rings. The molecule has 0 atom stereocenters. The first-order chi connectivity index (χ1) is 11.1. The van der Waals surface area contributed by atoms with E-state index in [-0.39, 0.29) is 5.91 Å². The number of amides is 1. The number of hydrogen-bond donors (Lipinski definition) is 1. The summed E-state index contributed by atoms with van der Waals surface area (Å²) in [6.07, 6.45) is 6.86. The van der Waals surface area contributed by atoms with Crippen molar-refractivity contribution in [1.82, 2.24) is 20.1 Å². The average Bonchev–Trinajstić information content (AvgIpc) is 3.16. The molecule has 1 aliphatic carbocycles. The van der Waals surface area contributed by atoms with Crippen molar-refractivity contribution >= 4 is 17.2 Å². The molecule has 2 aromatic heterocycles. The molecule has 1 amide bonds. The lowest BCUT2D eigenvalue weighted by Crippen LogP contribution is -2.29. The maximum absolute atomic E-state index is 12.3. The highest BCUT2D eigenvalue weighted by molar-refractivity contribution is 7.09. The number of carbonyl (C=O) groups excluding carboxylic acids is 1. The van der Waals surface area contributed by atoms with Crippen molar-refractivity contribution in [2.24, 2.45) is 0 Å². The molecule has 0 bridgehead atoms. The first-order valence-electron chi connectivity index (χ1n) is 8.33. The van der Waals surface area contributed by atoms with E-state index in [0.29, 0.717) is 6.42 Å². The molecule has 6 heteroatoms. The summed E-state index contributed by atoms with van der Waals surface area (Å²) in [4.78, 5) is 19.7. The predicted octanol–water partition coefficient (Wildman–Crippen LogP) is 2.69. The number of carbonyl (C=O) groups is 1. The lowest BCUT2D eigenvalue weighted by atomic mass is 9.94. The molecule has 2 heterocycles. The monoisotopic (exact) mass is 332 g/mol. The molecule has 1 N–H and O–H groups in total. The van der Waals surface area contributed by atoms with Crippen molar-refractivity contribution in [1.29, 1.82) is 0 Å². The van der Waals surface area contributed by atoms with Gasteiger partial charge in [0.2, 0.25) is 5.91 Å². The highest BCUT2D eigenvalue weighted by atomic mass is 32.1. The predicted molar refractivity (Wildman–Crippen MR) is 91.7 cm³/mol. The third-order valence-electron chi connectivity index (χ3n) is 4.66. The second-order valence-electron chi connectivity index (χ2n) is 6.26. The van der Waals surface area contributed by atoms with E-state index in [1.165, 1.54) is 29.0 Å². The Morgan fingerprint density at radius 3 is 2.96 bits per heavy atom. The number of rotatable bonds is 6. The molecule has 124 valence electrons. The van der Waals surface area contributed by atoms with Gasteiger partial charge in [-0.05, 0) is 38.2 Å². The minimum atomic E-state index is 0.194. The van der Waals surface area contributed by atoms with E-state index in [2.05, 4.69) is 15.2 Å². The number of hydrogen-bond acceptors (Lipinski definition) is 4. The average molecular weight is 332 g/mol. The van der Waals surface area contributed by atoms with Crippen LogP contribution in [0.15, 0.2) is 5.51 Å². The number of likely N-dealkylation sites (N-methyl/N-ethyl adjacent to an activating group) is 1. The fraction of sp³-hybridized carbons (Fsp3) is 0.588. The Morgan fingerprint density at radius 1 is 1.35 bits per heavy atom. The summed E-state index contributed by atoms with van der Waals surface area (Å²) < 4.78 is 0. The number of aromatic nitrogens is 3. The van der Waals surface area contributed by atoms with Gasteiger partial charge in [-0.2, -0.15) is 5.10 Å². The van der Waals surface area contributed by atoms with Crippen molar-refractivity contribution in [3.8, 4) is 0 Å². The van der Waals surface area contributed by atoms with Gasteiger partial charge in [0.25, 0.3) is 0 Å². The van der Waals surface area contributed by atoms with E-state index < -0.39 is 0 Å². The molecule has 0 saturated heterocycles. The number of nitrogens with one attached hydrogen (secondary N) is 1. The summed E-state index contributed by atoms with van der Waals surface area (Å²) in [7, 11) is 1.89. The van der Waals surface area contributed by atoms with Crippen molar-refractivity contribution in [2.75, 3.05) is 13.6 Å². The highest BCUT2D eigenvalue weighted by Crippen LogP contribution is 2.23. The number of aryl methyl sites for hydroxylation is 3. The third-order valence-corrected chi connectivity index (χ3v) is 5.66. The van der Waals surface area contributed by atoms with Gasteiger partial charge < -0.3 is 4.90 Å². The molecule has 0 radical (unpaired) electrons. The number of thiazole rings is 1. The minimum Gasteiger partial charge on any atom is -0.345 e. The maximum atomic E-state index is 12.3. The zero-order valence-electron chi connectivity index (χ0n) is 13.9. The molecule has 0 saturated carbocycles. The molecule has 0 aromatic carbocycles. The Labute approximate surface area is 141 Å². The van der Waals surface area contributed by atoms with Gasteiger partial charge in [0.05, 0.1) is 16.9 Å². The largest absolute Gasteiger partial charge is 0.345 e. The zero-order valence-corrected chi connectivity index (χ0v) is 14.7. The first-order valence-corrected chi connectivity index (χ1v) is 9.21. The lowest BCUT2D eigenvalue weighted by Gasteiger charge is -2.17. The van der Waals surface area contributed by atoms with Crippen LogP contribution in [0.3, 0.4) is 0 Å². The van der Waals surface area contributed by atoms with Crippen molar-refractivity contribution < 1.29 is 4.79 Å². The van der Waals surface area contributed by atoms with Gasteiger partial charge >= 0.3 is 0 Å². The van der Waals surface area contributed by atoms with Crippen LogP contribution in [-0.4, -0.2) is 39.6 Å². The standard InChI is InChI=1S/C17H24N4OS/c1-12-16(23-11-18-12)9-10-21(2)17(22)8-7-15-13-5-3-4-6-14(13)19-20-15/h11H,3-10H2,1-2H3,(H,19,20). The summed E-state index contributed by atoms with van der Waals surface area (Å²) in [5.74, 6) is 0.194. The Hall–Kier alpha value is -1.69. The van der Waals surface area contributed by atoms with E-state index in [1.54, 1.807) is 11.3 Å². The fourth-order valence-electron chi connectivity index (χ4n) is 3.13. The first kappa shape index (κ1) is 16.2. The van der Waals surface area contributed by atoms with Crippen LogP contribution >= 0.6 is 11.3 Å². The van der Waals surface area contributed by atoms with Crippen molar-refractivity contribution in [3.05, 3.63) is 33.0 Å². The number of nitrogens with zero attached hydrogens (tertiary/aromatic N) is 3. The summed E-state index contributed by atoms with van der Waals surface area (Å²) in [6, 6.07) is 0. The van der Waals surface area contributed by atoms with Crippen LogP contribution in [0.25, 0.3) is 0 Å². The van der Waals surface area contributed by atoms with Crippen molar-refractivity contribution in [2.45, 2.75) is 51.9 Å². The van der Waals surface area contributed by atoms with Gasteiger partial charge in [-0.15, -0.1) is 11.3 Å². The SMILES string of the molecule is Cc1ncsc1CCN(C)C(=O)CCc1n[nH]c2c1CCCC2. The van der Waals surface area contributed by atoms with Gasteiger partial charge in [0.1, 0.15) is 0 Å². The summed E-state index contributed by atoms with van der Waals surface area (Å²) in [6.45, 7) is 2.77. The van der Waals surface area contributed by atoms with Crippen LogP contribution in [0, 0.1) is 6.92 Å². The quantitative estimate of drug-likeness (QED) is 0.884. The normalized spacial score (nSPS) is 13.8. The van der Waals surface area contributed by atoms with E-state index in [9.17, 15) is 4.79 Å². The minimum absolute atomic E-state index is 0.194. The van der Waals surface area contributed by atoms with Crippen LogP contribution in [-0.2, 0) is 30.5 Å². The summed E-state index contributed by atoms with van der Waals surface area (Å²) in [5, 5.41) is 7.57. The molecule has 1 aliphatic rings. The zero-order chi connectivity index (χ0) is 16.2. The summed E-state index contributed by atoms with van der Waals surface area (Å²) in [5.41, 5.74) is 6.70. The van der Waals surface area contributed by atoms with Crippen LogP contribution in [0.4, 0.5) is 0 Å². The molecule has 3 rings (SSSR count). The van der Waals surface area contributed by atoms with E-state index >= 15 is 0 Å². The smallest absolute Gasteiger partial charge is 0.222 e. The molecule has 23 heavy (non-hydrogen) atoms. The molecular formula is C17H24N4OS. The van der Waals surface area contributed by atoms with Crippen LogP contribution in [0.1, 0.15) is 46.8 Å². The van der Waals surface area contributed by atoms with Crippen molar-refractivity contribution in [3.63, 3.8) is 0 Å². The van der Waals surface area contributed by atoms with Gasteiger partial charge in [-0.1, -0.05) is 0 Å². The molecule has 0 spiro atoms. The van der Waals surface area contributed by atoms with E-state index in [0.717, 1.165) is 43.6 Å². The highest BCUT2D eigenvalue weighted by Gasteiger charge is 2.18. The lowest BCUT2D eigenvalue weighted by molar-refractivity contribution is -0.129. The Bertz CT molecular complexity index is 676. The number of aromatic amines is 1. The maximum Gasteiger partial charge on any atom is 0.222 e. The van der Waals surface area contributed by atoms with Crippen LogP contribution in [0.5, 0.6) is 0 Å². The van der Waals surface area contributed by atoms with E-state index in [1.807, 2.05) is 24.4 Å². The van der Waals surface area contributed by atoms with Gasteiger partial charge in [0, 0.05) is 43.4 Å². The van der Waals surface area contributed by atoms with Gasteiger partial charge in [0.15, 0.2) is 0 Å². The second kappa shape index (κ2) is 7.25. The van der Waals surface area contributed by atoms with Gasteiger partial charge in [-0.3, -0.25) is 9.89 Å². The third kappa shape index (κ3) is 3.80. The number of H-pyrrole nitrogens is 1. The molecule has 0 aliphatic heterocycles. The Kier molecular flexibility index (Phi) is 5.10. The molecular weight excluding hydrogens is 308 g/mol. The molecule has 0 fully saturated rings. The fourth-order valence-corrected chi connectivity index (χ4v) is 3.90. The van der Waals surface area contributed by atoms with E-state index in [4.69, 9.17) is 0 Å². The van der Waals surface area contributed by atoms with Gasteiger partial charge in [-0.25, -0.2) is 4.98 Å². The summed E-state index contributed by atoms with van der Waals surface area (Å²) >= 11 is 1.67. The topological polar surface area (TPSA) is 61.9 Å². The molecule has 0 unspecified atom stereocenters. The molecule has 5 nitrogen and oxygen atoms in total.